The summed E-state index contributed by atoms with van der Waals surface area (Å²) in [4.78, 5) is 241. The Morgan fingerprint density at radius 2 is 1.34 bits per heavy atom. The zero-order valence-electron chi connectivity index (χ0n) is 76.5. The van der Waals surface area contributed by atoms with Gasteiger partial charge in [-0.2, -0.15) is 20.2 Å². The number of fused-ring (bicyclic) bond motifs is 3. The number of carbonyl (C=O) groups excluding carboxylic acids is 18. The fraction of sp³-hybridized carbons (Fsp3) is 0.505. The molecule has 6 aromatic rings. The first kappa shape index (κ1) is 105. The molecule has 3 aliphatic rings. The number of methoxy groups -OCH3 is 1. The number of alkyl carbamates (subject to hydrolysis) is 1. The third-order valence-corrected chi connectivity index (χ3v) is 24.9. The van der Waals surface area contributed by atoms with Crippen LogP contribution in [0.3, 0.4) is 0 Å². The molecule has 0 saturated carbocycles. The molecule has 9 rings (SSSR count). The molecule has 0 aliphatic carbocycles. The predicted octanol–water partition coefficient (Wildman–Crippen LogP) is 3.90. The summed E-state index contributed by atoms with van der Waals surface area (Å²) in [6, 6.07) is 10.2. The maximum atomic E-state index is 14.2. The van der Waals surface area contributed by atoms with Crippen LogP contribution in [0.1, 0.15) is 175 Å². The Bertz CT molecular complexity index is 5550. The van der Waals surface area contributed by atoms with Crippen LogP contribution in [0.4, 0.5) is 16.3 Å². The molecule has 6 atom stereocenters. The van der Waals surface area contributed by atoms with Gasteiger partial charge in [0, 0.05) is 180 Å². The molecule has 2 aromatic carbocycles. The van der Waals surface area contributed by atoms with Crippen molar-refractivity contribution in [2.75, 3.05) is 110 Å². The van der Waals surface area contributed by atoms with E-state index in [0.29, 0.717) is 62.2 Å². The number of amides is 11. The van der Waals surface area contributed by atoms with Gasteiger partial charge >= 0.3 is 6.09 Å². The van der Waals surface area contributed by atoms with E-state index in [4.69, 9.17) is 23.7 Å². The Hall–Kier alpha value is -12.7. The van der Waals surface area contributed by atoms with E-state index < -0.39 is 147 Å². The third-order valence-electron chi connectivity index (χ3n) is 22.7. The summed E-state index contributed by atoms with van der Waals surface area (Å²) in [6.07, 6.45) is 6.24. The highest BCUT2D eigenvalue weighted by atomic mass is 32.2. The topological polar surface area (TPSA) is 543 Å². The molecule has 0 radical (unpaired) electrons. The monoisotopic (exact) mass is 1900 g/mol. The summed E-state index contributed by atoms with van der Waals surface area (Å²) in [5.41, 5.74) is 4.30. The number of anilines is 2. The molecule has 3 aliphatic heterocycles. The van der Waals surface area contributed by atoms with Gasteiger partial charge in [-0.1, -0.05) is 32.1 Å². The number of nitrogens with zero attached hydrogens (tertiary/aromatic N) is 7. The lowest BCUT2D eigenvalue weighted by Crippen LogP contribution is -2.53. The SMILES string of the molecule is C=C1C[C@H]2C(S(=O)(=O)O)Cc3cc(OCCCC(=O)Nc4cn(C)c(C(=O)Cc5cc(C(=O)Nc6cc(C(=O)n7ccc8cc(CC(=O)[C@H](C)NC(=O)[C@@H](NC(=O)CCNC(=O)OCC(CC(=O)CNC(=O)CCC(=O)CNC(=O)CCC(=O)CCOCCOCCCC(=O)CCN9C(=O)CC(SC)C9=O)C(=O)NCCOC)C(C)C)ccc87)n(C)c6)n(C)c5)n4)c(C)cc3C(=O)N2C1. The van der Waals surface area contributed by atoms with Crippen molar-refractivity contribution in [3.63, 3.8) is 0 Å². The van der Waals surface area contributed by atoms with E-state index in [-0.39, 0.29) is 220 Å². The van der Waals surface area contributed by atoms with E-state index in [1.54, 1.807) is 118 Å². The lowest BCUT2D eigenvalue weighted by Gasteiger charge is -2.26. The number of hydrogen-bond donors (Lipinski definition) is 9. The number of ether oxygens (including phenoxy) is 5. The van der Waals surface area contributed by atoms with Gasteiger partial charge in [-0.3, -0.25) is 95.5 Å². The molecule has 0 bridgehead atoms. The number of nitrogens with one attached hydrogen (secondary N) is 8. The van der Waals surface area contributed by atoms with E-state index in [1.165, 1.54) is 52.1 Å². The number of imide groups is 1. The second-order valence-corrected chi connectivity index (χ2v) is 36.2. The molecule has 11 amide bonds. The zero-order chi connectivity index (χ0) is 97.8. The predicted molar refractivity (Wildman–Crippen MR) is 487 cm³/mol. The van der Waals surface area contributed by atoms with Crippen LogP contribution in [0.2, 0.25) is 0 Å². The lowest BCUT2D eigenvalue weighted by atomic mass is 9.98. The summed E-state index contributed by atoms with van der Waals surface area (Å²) in [7, 11) is 1.73. The average molecular weight is 1900 g/mol. The van der Waals surface area contributed by atoms with Crippen LogP contribution >= 0.6 is 11.8 Å². The van der Waals surface area contributed by atoms with Gasteiger partial charge in [0.05, 0.1) is 80.6 Å². The number of Topliss-reactive ketones (excluding diaryl/α,β-unsaturated/α-hetero) is 6. The van der Waals surface area contributed by atoms with Gasteiger partial charge in [0.25, 0.3) is 27.8 Å². The van der Waals surface area contributed by atoms with E-state index in [9.17, 15) is 99.3 Å². The standard InChI is InChI=1S/C91H117N15O26S2/c1-53(2)83(100-81(116)21-25-93-91(124)132-52-61(85(118)92-26-32-128-9)41-66(110)47-95-79(114)20-17-65(109)46-94-78(113)19-16-64(108)24-31-130-34-33-129-29-11-13-63(107)23-28-105-82(117)45-75(133-10)90(105)123)87(120)96-56(5)72(111)39-57-15-18-68-59(37-57)22-27-104(68)89(122)71-44-62(50-102(71)7)97-86(119)70-38-58(49-101(70)6)40-73(112)84-99-77(51-103(84)8)98-80(115)14-12-30-131-74-42-60-43-76(134(125,126)127)69-35-54(3)48-106(69)88(121)67(60)36-55(74)4/h15,18,22,27,36-38,42,44,49-51,53,56,61,69,75-76,83H,3,11-14,16-17,19-21,23-26,28-35,39-41,43,45-48,52H2,1-2,4-10H3,(H,92,118)(H,93,124)(H,94,113)(H,95,114)(H,96,120)(H,97,119)(H,98,115)(H,100,116)(H,125,126,127)/t56-,61?,69-,75?,76?,83-/m0/s1. The third kappa shape index (κ3) is 30.7. The van der Waals surface area contributed by atoms with E-state index in [0.717, 1.165) is 4.90 Å². The molecule has 3 unspecified atom stereocenters. The summed E-state index contributed by atoms with van der Waals surface area (Å²) in [6.45, 7) is 9.95. The van der Waals surface area contributed by atoms with Gasteiger partial charge in [-0.25, -0.2) is 9.78 Å². The van der Waals surface area contributed by atoms with E-state index >= 15 is 0 Å². The van der Waals surface area contributed by atoms with Gasteiger partial charge in [-0.05, 0) is 116 Å². The van der Waals surface area contributed by atoms with Gasteiger partial charge < -0.3 is 84.8 Å². The van der Waals surface area contributed by atoms with E-state index in [1.807, 2.05) is 0 Å². The summed E-state index contributed by atoms with van der Waals surface area (Å²) < 4.78 is 68.4. The minimum Gasteiger partial charge on any atom is -0.493 e. The highest BCUT2D eigenvalue weighted by Gasteiger charge is 2.46. The Labute approximate surface area is 778 Å². The Balaban J connectivity index is 0.629. The lowest BCUT2D eigenvalue weighted by molar-refractivity contribution is -0.139. The fourth-order valence-electron chi connectivity index (χ4n) is 15.3. The Kier molecular flexibility index (Phi) is 39.1. The van der Waals surface area contributed by atoms with Crippen molar-refractivity contribution in [3.8, 4) is 5.75 Å². The maximum absolute atomic E-state index is 14.2. The smallest absolute Gasteiger partial charge is 0.407 e. The normalized spacial score (nSPS) is 15.4. The second-order valence-electron chi connectivity index (χ2n) is 33.5. The molecule has 4 aromatic heterocycles. The number of aryl methyl sites for hydroxylation is 4. The zero-order valence-corrected chi connectivity index (χ0v) is 78.1. The first-order valence-corrected chi connectivity index (χ1v) is 46.7. The molecule has 0 spiro atoms. The summed E-state index contributed by atoms with van der Waals surface area (Å²) in [5, 5.41) is 19.6. The van der Waals surface area contributed by atoms with Gasteiger partial charge in [0.2, 0.25) is 53.0 Å². The Morgan fingerprint density at radius 3 is 2.04 bits per heavy atom. The van der Waals surface area contributed by atoms with Crippen molar-refractivity contribution >= 4 is 150 Å². The number of benzene rings is 2. The van der Waals surface area contributed by atoms with Crippen LogP contribution in [-0.4, -0.2) is 279 Å². The first-order valence-electron chi connectivity index (χ1n) is 44.0. The fourth-order valence-corrected chi connectivity index (χ4v) is 17.0. The van der Waals surface area contributed by atoms with Crippen molar-refractivity contribution in [3.05, 3.63) is 130 Å². The summed E-state index contributed by atoms with van der Waals surface area (Å²) >= 11 is 1.31. The molecule has 2 saturated heterocycles. The molecule has 134 heavy (non-hydrogen) atoms. The number of aromatic nitrogens is 5. The average Bonchev–Trinajstić information content (AvgIpc) is 1.61. The van der Waals surface area contributed by atoms with E-state index in [2.05, 4.69) is 54.1 Å². The summed E-state index contributed by atoms with van der Waals surface area (Å²) in [5.74, 6) is -8.93. The quantitative estimate of drug-likeness (QED) is 0.00859. The van der Waals surface area contributed by atoms with Gasteiger partial charge in [-0.15, -0.1) is 0 Å². The molecule has 724 valence electrons. The number of rotatable bonds is 55. The number of thioether (sulfide) groups is 1. The highest BCUT2D eigenvalue weighted by Crippen LogP contribution is 2.37. The molecule has 9 N–H and O–H groups in total. The second kappa shape index (κ2) is 49.9. The van der Waals surface area contributed by atoms with Crippen molar-refractivity contribution < 1.29 is 123 Å². The van der Waals surface area contributed by atoms with Gasteiger partial charge in [0.1, 0.15) is 46.6 Å². The van der Waals surface area contributed by atoms with Crippen LogP contribution in [0.5, 0.6) is 5.75 Å². The maximum Gasteiger partial charge on any atom is 0.407 e. The molecular formula is C91H117N15O26S2. The minimum atomic E-state index is -4.54. The largest absolute Gasteiger partial charge is 0.493 e. The molecule has 2 fully saturated rings. The van der Waals surface area contributed by atoms with Gasteiger partial charge in [0.15, 0.2) is 29.0 Å². The molecule has 7 heterocycles. The first-order chi connectivity index (χ1) is 63.7. The molecule has 43 heteroatoms. The van der Waals surface area contributed by atoms with Crippen LogP contribution in [0, 0.1) is 18.8 Å². The van der Waals surface area contributed by atoms with Crippen LogP contribution in [0.15, 0.2) is 85.5 Å². The van der Waals surface area contributed by atoms with Crippen LogP contribution in [0.25, 0.3) is 10.9 Å². The highest BCUT2D eigenvalue weighted by molar-refractivity contribution is 8.00. The molecule has 41 nitrogen and oxygen atoms in total. The number of likely N-dealkylation sites (tertiary alicyclic amines) is 1. The molecular weight excluding hydrogens is 1780 g/mol. The Morgan fingerprint density at radius 1 is 0.642 bits per heavy atom. The number of carbonyl (C=O) groups is 18. The number of imidazole rings is 1. The van der Waals surface area contributed by atoms with Crippen molar-refractivity contribution in [1.82, 2.24) is 65.0 Å². The van der Waals surface area contributed by atoms with Crippen LogP contribution in [-0.2, 0) is 132 Å². The minimum absolute atomic E-state index is 0.00425. The van der Waals surface area contributed by atoms with Crippen molar-refractivity contribution in [2.45, 2.75) is 165 Å². The number of ketones is 6. The van der Waals surface area contributed by atoms with Crippen LogP contribution < -0.4 is 47.3 Å². The number of hydrogen-bond acceptors (Lipinski definition) is 27. The van der Waals surface area contributed by atoms with Crippen molar-refractivity contribution in [2.24, 2.45) is 33.0 Å². The van der Waals surface area contributed by atoms with Crippen molar-refractivity contribution in [1.29, 1.82) is 0 Å².